The second kappa shape index (κ2) is 6.35. The lowest BCUT2D eigenvalue weighted by atomic mass is 10.00. The number of likely N-dealkylation sites (tertiary alicyclic amines) is 1. The fourth-order valence-electron chi connectivity index (χ4n) is 2.78. The second-order valence-corrected chi connectivity index (χ2v) is 5.58. The van der Waals surface area contributed by atoms with Gasteiger partial charge < -0.3 is 10.2 Å². The minimum Gasteiger partial charge on any atom is -0.309 e. The van der Waals surface area contributed by atoms with Gasteiger partial charge in [0.05, 0.1) is 0 Å². The topological polar surface area (TPSA) is 15.3 Å². The van der Waals surface area contributed by atoms with Crippen LogP contribution in [0.4, 0.5) is 0 Å². The molecule has 1 unspecified atom stereocenters. The minimum atomic E-state index is 0.451. The Bertz CT molecular complexity index is 381. The average Bonchev–Trinajstić information content (AvgIpc) is 2.85. The maximum atomic E-state index is 3.65. The molecule has 0 saturated carbocycles. The fourth-order valence-corrected chi connectivity index (χ4v) is 2.78. The molecule has 0 spiro atoms. The van der Waals surface area contributed by atoms with Crippen LogP contribution in [0, 0.1) is 13.8 Å². The summed E-state index contributed by atoms with van der Waals surface area (Å²) in [6, 6.07) is 7.18. The predicted octanol–water partition coefficient (Wildman–Crippen LogP) is 3.05. The van der Waals surface area contributed by atoms with Crippen LogP contribution < -0.4 is 5.32 Å². The second-order valence-electron chi connectivity index (χ2n) is 5.58. The van der Waals surface area contributed by atoms with Crippen molar-refractivity contribution in [2.24, 2.45) is 0 Å². The first-order valence-electron chi connectivity index (χ1n) is 7.19. The van der Waals surface area contributed by atoms with Crippen molar-refractivity contribution in [2.75, 3.05) is 26.2 Å². The largest absolute Gasteiger partial charge is 0.309 e. The van der Waals surface area contributed by atoms with E-state index in [2.05, 4.69) is 49.2 Å². The molecule has 18 heavy (non-hydrogen) atoms. The van der Waals surface area contributed by atoms with Gasteiger partial charge in [-0.05, 0) is 57.8 Å². The molecule has 100 valence electrons. The number of benzene rings is 1. The Morgan fingerprint density at radius 3 is 2.67 bits per heavy atom. The quantitative estimate of drug-likeness (QED) is 0.859. The van der Waals surface area contributed by atoms with Crippen LogP contribution >= 0.6 is 0 Å². The van der Waals surface area contributed by atoms with Gasteiger partial charge in [-0.3, -0.25) is 0 Å². The molecule has 1 fully saturated rings. The highest BCUT2D eigenvalue weighted by molar-refractivity contribution is 5.32. The lowest BCUT2D eigenvalue weighted by Crippen LogP contribution is -2.31. The molecule has 1 N–H and O–H groups in total. The Balaban J connectivity index is 1.83. The maximum Gasteiger partial charge on any atom is 0.0295 e. The van der Waals surface area contributed by atoms with Gasteiger partial charge in [0.25, 0.3) is 0 Å². The van der Waals surface area contributed by atoms with Crippen LogP contribution in [-0.4, -0.2) is 31.1 Å². The zero-order valence-electron chi connectivity index (χ0n) is 12.0. The first-order chi connectivity index (χ1) is 8.66. The van der Waals surface area contributed by atoms with Gasteiger partial charge in [-0.15, -0.1) is 0 Å². The lowest BCUT2D eigenvalue weighted by molar-refractivity contribution is 0.329. The minimum absolute atomic E-state index is 0.451. The van der Waals surface area contributed by atoms with E-state index in [9.17, 15) is 0 Å². The molecule has 0 aromatic heterocycles. The van der Waals surface area contributed by atoms with E-state index in [-0.39, 0.29) is 0 Å². The van der Waals surface area contributed by atoms with Crippen LogP contribution in [-0.2, 0) is 0 Å². The van der Waals surface area contributed by atoms with Gasteiger partial charge in [-0.25, -0.2) is 0 Å². The molecular weight excluding hydrogens is 220 g/mol. The number of rotatable bonds is 5. The third kappa shape index (κ3) is 3.56. The Hall–Kier alpha value is -0.860. The highest BCUT2D eigenvalue weighted by Crippen LogP contribution is 2.18. The van der Waals surface area contributed by atoms with Crippen LogP contribution in [0.3, 0.4) is 0 Å². The van der Waals surface area contributed by atoms with Crippen LogP contribution in [0.25, 0.3) is 0 Å². The average molecular weight is 246 g/mol. The molecule has 0 bridgehead atoms. The molecular formula is C16H26N2. The van der Waals surface area contributed by atoms with Crippen molar-refractivity contribution >= 4 is 0 Å². The summed E-state index contributed by atoms with van der Waals surface area (Å²) in [7, 11) is 0. The van der Waals surface area contributed by atoms with Crippen molar-refractivity contribution in [3.63, 3.8) is 0 Å². The molecule has 1 aliphatic rings. The molecule has 2 rings (SSSR count). The zero-order valence-corrected chi connectivity index (χ0v) is 12.0. The normalized spacial score (nSPS) is 18.2. The van der Waals surface area contributed by atoms with Crippen LogP contribution in [0.2, 0.25) is 0 Å². The molecule has 1 saturated heterocycles. The van der Waals surface area contributed by atoms with E-state index in [4.69, 9.17) is 0 Å². The highest BCUT2D eigenvalue weighted by atomic mass is 15.2. The van der Waals surface area contributed by atoms with Crippen LogP contribution in [0.1, 0.15) is 42.5 Å². The molecule has 0 aliphatic carbocycles. The molecule has 1 aromatic rings. The van der Waals surface area contributed by atoms with Crippen molar-refractivity contribution in [3.05, 3.63) is 34.9 Å². The number of aryl methyl sites for hydroxylation is 2. The number of nitrogens with one attached hydrogen (secondary N) is 1. The molecule has 0 amide bonds. The molecule has 1 aromatic carbocycles. The predicted molar refractivity (Wildman–Crippen MR) is 78.0 cm³/mol. The number of nitrogens with zero attached hydrogens (tertiary/aromatic N) is 1. The van der Waals surface area contributed by atoms with E-state index in [0.717, 1.165) is 6.54 Å². The summed E-state index contributed by atoms with van der Waals surface area (Å²) < 4.78 is 0. The Kier molecular flexibility index (Phi) is 4.79. The summed E-state index contributed by atoms with van der Waals surface area (Å²) in [5.74, 6) is 0. The van der Waals surface area contributed by atoms with Crippen molar-refractivity contribution in [1.29, 1.82) is 0 Å². The van der Waals surface area contributed by atoms with E-state index in [1.807, 2.05) is 0 Å². The molecule has 1 heterocycles. The summed E-state index contributed by atoms with van der Waals surface area (Å²) in [5, 5.41) is 3.65. The Labute approximate surface area is 111 Å². The first kappa shape index (κ1) is 13.6. The smallest absolute Gasteiger partial charge is 0.0295 e. The van der Waals surface area contributed by atoms with Crippen molar-refractivity contribution in [3.8, 4) is 0 Å². The Morgan fingerprint density at radius 1 is 1.22 bits per heavy atom. The van der Waals surface area contributed by atoms with E-state index < -0.39 is 0 Å². The SMILES string of the molecule is Cc1ccc(C)c(C(C)NCCN2CCCC2)c1. The zero-order chi connectivity index (χ0) is 13.0. The molecule has 2 nitrogen and oxygen atoms in total. The van der Waals surface area contributed by atoms with Crippen LogP contribution in [0.5, 0.6) is 0 Å². The van der Waals surface area contributed by atoms with Gasteiger partial charge in [-0.1, -0.05) is 23.8 Å². The lowest BCUT2D eigenvalue weighted by Gasteiger charge is -2.20. The number of hydrogen-bond donors (Lipinski definition) is 1. The fraction of sp³-hybridized carbons (Fsp3) is 0.625. The Morgan fingerprint density at radius 2 is 1.94 bits per heavy atom. The summed E-state index contributed by atoms with van der Waals surface area (Å²) in [5.41, 5.74) is 4.18. The van der Waals surface area contributed by atoms with Gasteiger partial charge >= 0.3 is 0 Å². The van der Waals surface area contributed by atoms with Gasteiger partial charge in [0, 0.05) is 19.1 Å². The third-order valence-corrected chi connectivity index (χ3v) is 3.98. The van der Waals surface area contributed by atoms with E-state index >= 15 is 0 Å². The molecule has 0 radical (unpaired) electrons. The summed E-state index contributed by atoms with van der Waals surface area (Å²) in [6.45, 7) is 11.5. The summed E-state index contributed by atoms with van der Waals surface area (Å²) in [4.78, 5) is 2.56. The molecule has 1 atom stereocenters. The summed E-state index contributed by atoms with van der Waals surface area (Å²) >= 11 is 0. The van der Waals surface area contributed by atoms with Crippen molar-refractivity contribution < 1.29 is 0 Å². The van der Waals surface area contributed by atoms with Crippen molar-refractivity contribution in [2.45, 2.75) is 39.7 Å². The molecule has 2 heteroatoms. The van der Waals surface area contributed by atoms with Crippen molar-refractivity contribution in [1.82, 2.24) is 10.2 Å². The van der Waals surface area contributed by atoms with E-state index in [1.54, 1.807) is 0 Å². The third-order valence-electron chi connectivity index (χ3n) is 3.98. The van der Waals surface area contributed by atoms with Gasteiger partial charge in [-0.2, -0.15) is 0 Å². The van der Waals surface area contributed by atoms with Gasteiger partial charge in [0.2, 0.25) is 0 Å². The standard InChI is InChI=1S/C16H26N2/c1-13-6-7-14(2)16(12-13)15(3)17-8-11-18-9-4-5-10-18/h6-7,12,15,17H,4-5,8-11H2,1-3H3. The number of hydrogen-bond acceptors (Lipinski definition) is 2. The van der Waals surface area contributed by atoms with Gasteiger partial charge in [0.1, 0.15) is 0 Å². The van der Waals surface area contributed by atoms with E-state index in [1.165, 1.54) is 49.2 Å². The van der Waals surface area contributed by atoms with E-state index in [0.29, 0.717) is 6.04 Å². The van der Waals surface area contributed by atoms with Gasteiger partial charge in [0.15, 0.2) is 0 Å². The maximum absolute atomic E-state index is 3.65. The highest BCUT2D eigenvalue weighted by Gasteiger charge is 2.12. The summed E-state index contributed by atoms with van der Waals surface area (Å²) in [6.07, 6.45) is 2.76. The molecule has 1 aliphatic heterocycles. The monoisotopic (exact) mass is 246 g/mol. The van der Waals surface area contributed by atoms with Crippen LogP contribution in [0.15, 0.2) is 18.2 Å². The first-order valence-corrected chi connectivity index (χ1v) is 7.19.